The first kappa shape index (κ1) is 9.20. The van der Waals surface area contributed by atoms with E-state index in [0.717, 1.165) is 23.6 Å². The zero-order valence-electron chi connectivity index (χ0n) is 8.68. The summed E-state index contributed by atoms with van der Waals surface area (Å²) in [6.07, 6.45) is 0. The smallest absolute Gasteiger partial charge is 0.264 e. The van der Waals surface area contributed by atoms with Crippen molar-refractivity contribution in [3.8, 4) is 0 Å². The van der Waals surface area contributed by atoms with E-state index in [0.29, 0.717) is 0 Å². The zero-order valence-corrected chi connectivity index (χ0v) is 8.50. The number of likely N-dealkylation sites (N-methyl/N-ethyl adjacent to an activating group) is 2. The largest absolute Gasteiger partial charge is 0.286 e. The summed E-state index contributed by atoms with van der Waals surface area (Å²) in [5.74, 6) is -0.0240. The van der Waals surface area contributed by atoms with Crippen molar-refractivity contribution in [1.82, 2.24) is 9.80 Å². The van der Waals surface area contributed by atoms with Gasteiger partial charge in [-0.1, -0.05) is 0 Å². The van der Waals surface area contributed by atoms with E-state index < -0.39 is 11.8 Å². The second-order valence-corrected chi connectivity index (χ2v) is 3.21. The Labute approximate surface area is 87.2 Å². The molecule has 0 aromatic rings. The summed E-state index contributed by atoms with van der Waals surface area (Å²) in [5, 5.41) is 0.0344. The van der Waals surface area contributed by atoms with E-state index in [-0.39, 0.29) is 21.9 Å². The van der Waals surface area contributed by atoms with E-state index in [1.807, 2.05) is 0 Å². The Morgan fingerprint density at radius 3 is 2.21 bits per heavy atom. The number of hydrogen-bond donors (Lipinski definition) is 0. The van der Waals surface area contributed by atoms with Crippen molar-refractivity contribution in [3.05, 3.63) is 11.5 Å². The summed E-state index contributed by atoms with van der Waals surface area (Å²) in [7, 11) is 3.68. The molecule has 1 fully saturated rings. The van der Waals surface area contributed by atoms with Gasteiger partial charge in [-0.2, -0.15) is 0 Å². The Kier molecular flexibility index (Phi) is 2.49. The third-order valence-electron chi connectivity index (χ3n) is 1.89. The SMILES string of the molecule is [2H][B]C=C1C(=O)N(C)C(=S=O)N(C)C1=O. The number of carbonyl (C=O) groups is 2. The Balaban J connectivity index is 3.22. The van der Waals surface area contributed by atoms with Crippen LogP contribution in [0.5, 0.6) is 0 Å². The van der Waals surface area contributed by atoms with Crippen LogP contribution in [0.15, 0.2) is 11.5 Å². The molecule has 1 aliphatic rings. The van der Waals surface area contributed by atoms with Gasteiger partial charge in [0.15, 0.2) is 0 Å². The topological polar surface area (TPSA) is 57.7 Å². The van der Waals surface area contributed by atoms with E-state index in [1.165, 1.54) is 14.1 Å². The monoisotopic (exact) mass is 212 g/mol. The molecule has 5 nitrogen and oxygen atoms in total. The highest BCUT2D eigenvalue weighted by atomic mass is 32.1. The molecule has 1 radical (unpaired) electrons. The first-order valence-corrected chi connectivity index (χ1v) is 4.43. The van der Waals surface area contributed by atoms with E-state index in [9.17, 15) is 13.8 Å². The van der Waals surface area contributed by atoms with E-state index >= 15 is 0 Å². The predicted octanol–water partition coefficient (Wildman–Crippen LogP) is -2.00. The fourth-order valence-corrected chi connectivity index (χ4v) is 1.50. The van der Waals surface area contributed by atoms with Crippen LogP contribution in [0.1, 0.15) is 0 Å². The van der Waals surface area contributed by atoms with Gasteiger partial charge in [0.1, 0.15) is 19.1 Å². The van der Waals surface area contributed by atoms with Gasteiger partial charge in [-0.05, 0) is 1.34 Å². The Hall–Kier alpha value is -1.37. The van der Waals surface area contributed by atoms with Gasteiger partial charge in [0, 0.05) is 14.1 Å². The number of amides is 2. The molecule has 7 heteroatoms. The summed E-state index contributed by atoms with van der Waals surface area (Å²) in [5.41, 5.74) is -0.118. The van der Waals surface area contributed by atoms with Crippen LogP contribution in [-0.4, -0.2) is 54.2 Å². The molecule has 14 heavy (non-hydrogen) atoms. The Morgan fingerprint density at radius 2 is 1.86 bits per heavy atom. The average molecular weight is 212 g/mol. The summed E-state index contributed by atoms with van der Waals surface area (Å²) in [6, 6.07) is 0. The number of carbonyl (C=O) groups excluding carboxylic acids is 2. The second kappa shape index (κ2) is 3.79. The van der Waals surface area contributed by atoms with Crippen molar-refractivity contribution in [2.75, 3.05) is 14.1 Å². The van der Waals surface area contributed by atoms with E-state index in [1.54, 1.807) is 0 Å². The molecule has 1 saturated heterocycles. The molecule has 0 unspecified atom stereocenters. The molecule has 0 N–H and O–H groups in total. The number of rotatable bonds is 1. The number of hydrogen-bond acceptors (Lipinski definition) is 3. The Bertz CT molecular complexity index is 379. The molecule has 0 aromatic carbocycles. The lowest BCUT2D eigenvalue weighted by atomic mass is 10.0. The molecule has 0 bridgehead atoms. The highest BCUT2D eigenvalue weighted by molar-refractivity contribution is 7.66. The fraction of sp³-hybridized carbons (Fsp3) is 0.286. The average Bonchev–Trinajstić information content (AvgIpc) is 2.23. The van der Waals surface area contributed by atoms with Crippen LogP contribution in [0.4, 0.5) is 0 Å². The zero-order chi connectivity index (χ0) is 11.6. The third kappa shape index (κ3) is 1.39. The standard InChI is InChI=1S/C7H8BN2O3S/c1-9-5(11)4(3-8)6(12)10(2)7(9)14-13/h3,8H,1-2H3/i8D. The lowest BCUT2D eigenvalue weighted by Gasteiger charge is -2.31. The van der Waals surface area contributed by atoms with Crippen LogP contribution < -0.4 is 0 Å². The molecule has 1 aliphatic heterocycles. The van der Waals surface area contributed by atoms with Crippen molar-refractivity contribution >= 4 is 36.0 Å². The molecule has 2 amide bonds. The minimum absolute atomic E-state index is 0.0344. The minimum atomic E-state index is -0.569. The van der Waals surface area contributed by atoms with Crippen molar-refractivity contribution < 1.29 is 13.8 Å². The van der Waals surface area contributed by atoms with Crippen LogP contribution in [0.25, 0.3) is 0 Å². The molecule has 1 heterocycles. The molecule has 0 saturated carbocycles. The maximum atomic E-state index is 11.6. The quantitative estimate of drug-likeness (QED) is 0.218. The van der Waals surface area contributed by atoms with Crippen molar-refractivity contribution in [1.29, 1.82) is 1.34 Å². The number of nitrogens with zero attached hydrogens (tertiary/aromatic N) is 2. The summed E-state index contributed by atoms with van der Waals surface area (Å²) >= 11 is 0.0821. The maximum absolute atomic E-state index is 11.6. The minimum Gasteiger partial charge on any atom is -0.286 e. The van der Waals surface area contributed by atoms with Crippen molar-refractivity contribution in [2.45, 2.75) is 0 Å². The van der Waals surface area contributed by atoms with Crippen LogP contribution in [0, 0.1) is 0 Å². The van der Waals surface area contributed by atoms with Crippen LogP contribution in [-0.2, 0) is 20.8 Å². The third-order valence-corrected chi connectivity index (χ3v) is 2.58. The van der Waals surface area contributed by atoms with Gasteiger partial charge in [-0.15, -0.1) is 5.98 Å². The summed E-state index contributed by atoms with van der Waals surface area (Å²) in [6.45, 7) is 0. The predicted molar refractivity (Wildman–Crippen MR) is 53.9 cm³/mol. The highest BCUT2D eigenvalue weighted by Gasteiger charge is 2.35. The molecule has 1 rings (SSSR count). The van der Waals surface area contributed by atoms with Gasteiger partial charge in [-0.3, -0.25) is 19.4 Å². The van der Waals surface area contributed by atoms with Crippen LogP contribution in [0.3, 0.4) is 0 Å². The van der Waals surface area contributed by atoms with Gasteiger partial charge in [0.2, 0.25) is 5.11 Å². The maximum Gasteiger partial charge on any atom is 0.264 e. The van der Waals surface area contributed by atoms with Gasteiger partial charge < -0.3 is 0 Å². The first-order chi connectivity index (χ1) is 7.04. The molecule has 73 valence electrons. The van der Waals surface area contributed by atoms with E-state index in [2.05, 4.69) is 0 Å². The van der Waals surface area contributed by atoms with Gasteiger partial charge in [0.25, 0.3) is 11.8 Å². The Morgan fingerprint density at radius 1 is 1.36 bits per heavy atom. The highest BCUT2D eigenvalue weighted by Crippen LogP contribution is 2.12. The van der Waals surface area contributed by atoms with Crippen molar-refractivity contribution in [3.63, 3.8) is 0 Å². The normalized spacial score (nSPS) is 18.3. The van der Waals surface area contributed by atoms with Crippen LogP contribution in [0.2, 0.25) is 0 Å². The van der Waals surface area contributed by atoms with E-state index in [4.69, 9.17) is 1.34 Å². The van der Waals surface area contributed by atoms with Gasteiger partial charge in [0.05, 0.1) is 5.57 Å². The fourth-order valence-electron chi connectivity index (χ4n) is 1.11. The van der Waals surface area contributed by atoms with Crippen molar-refractivity contribution in [2.24, 2.45) is 0 Å². The lowest BCUT2D eigenvalue weighted by molar-refractivity contribution is -0.132. The molecule has 0 aliphatic carbocycles. The van der Waals surface area contributed by atoms with Gasteiger partial charge in [-0.25, -0.2) is 4.21 Å². The molecular formula is C7H8BN2O3S. The van der Waals surface area contributed by atoms with Gasteiger partial charge >= 0.3 is 0 Å². The lowest BCUT2D eigenvalue weighted by Crippen LogP contribution is -2.53. The molecular weight excluding hydrogens is 203 g/mol. The molecule has 0 aromatic heterocycles. The summed E-state index contributed by atoms with van der Waals surface area (Å²) in [4.78, 5) is 25.3. The second-order valence-electron chi connectivity index (χ2n) is 2.67. The first-order valence-electron chi connectivity index (χ1n) is 4.27. The van der Waals surface area contributed by atoms with Crippen LogP contribution >= 0.6 is 0 Å². The summed E-state index contributed by atoms with van der Waals surface area (Å²) < 4.78 is 17.5. The molecule has 0 spiro atoms. The molecule has 0 atom stereocenters.